The van der Waals surface area contributed by atoms with Crippen molar-refractivity contribution < 1.29 is 24.2 Å². The van der Waals surface area contributed by atoms with Gasteiger partial charge in [0.05, 0.1) is 0 Å². The number of hydrogen-bond acceptors (Lipinski definition) is 5. The zero-order valence-electron chi connectivity index (χ0n) is 16.8. The number of rotatable bonds is 4. The molecule has 1 aliphatic heterocycles. The van der Waals surface area contributed by atoms with E-state index in [1.54, 1.807) is 4.90 Å². The number of aromatic nitrogens is 2. The Balaban J connectivity index is 1.96. The van der Waals surface area contributed by atoms with Gasteiger partial charge in [-0.25, -0.2) is 14.6 Å². The molecule has 0 spiro atoms. The highest BCUT2D eigenvalue weighted by molar-refractivity contribution is 9.10. The Kier molecular flexibility index (Phi) is 5.78. The number of aliphatic carboxylic acids is 1. The lowest BCUT2D eigenvalue weighted by molar-refractivity contribution is -0.197. The Morgan fingerprint density at radius 1 is 1.32 bits per heavy atom. The standard InChI is InChI=1S/C19H28BrN3O5/c1-18(2,3)28-17(26)23-8-12-6-5-7-13(9-23)19(12,27-11-15(24)25)16-21-14(20)10-22(16)4/h10,12-13H,5-9,11H2,1-4H3,(H,24,25). The van der Waals surface area contributed by atoms with E-state index in [1.807, 2.05) is 38.6 Å². The smallest absolute Gasteiger partial charge is 0.410 e. The summed E-state index contributed by atoms with van der Waals surface area (Å²) in [7, 11) is 1.88. The number of piperidine rings is 1. The summed E-state index contributed by atoms with van der Waals surface area (Å²) in [5.74, 6) is -0.417. The SMILES string of the molecule is Cn1cc(Br)nc1C1(OCC(=O)O)C2CCCC1CN(C(=O)OC(C)(C)C)C2. The molecule has 1 saturated carbocycles. The number of carbonyl (C=O) groups is 2. The summed E-state index contributed by atoms with van der Waals surface area (Å²) < 4.78 is 14.3. The summed E-state index contributed by atoms with van der Waals surface area (Å²) in [6, 6.07) is 0. The minimum Gasteiger partial charge on any atom is -0.480 e. The Morgan fingerprint density at radius 3 is 2.39 bits per heavy atom. The molecule has 2 bridgehead atoms. The van der Waals surface area contributed by atoms with Gasteiger partial charge in [0.2, 0.25) is 0 Å². The number of carboxylic acids is 1. The van der Waals surface area contributed by atoms with E-state index in [-0.39, 0.29) is 17.9 Å². The highest BCUT2D eigenvalue weighted by Gasteiger charge is 2.57. The van der Waals surface area contributed by atoms with Crippen LogP contribution in [0.5, 0.6) is 0 Å². The minimum absolute atomic E-state index is 0.0557. The van der Waals surface area contributed by atoms with Crippen LogP contribution in [0.2, 0.25) is 0 Å². The average molecular weight is 458 g/mol. The molecule has 2 heterocycles. The lowest BCUT2D eigenvalue weighted by Gasteiger charge is -2.54. The van der Waals surface area contributed by atoms with Gasteiger partial charge in [-0.3, -0.25) is 0 Å². The van der Waals surface area contributed by atoms with Gasteiger partial charge in [-0.2, -0.15) is 0 Å². The van der Waals surface area contributed by atoms with Gasteiger partial charge in [-0.15, -0.1) is 0 Å². The monoisotopic (exact) mass is 457 g/mol. The Morgan fingerprint density at radius 2 is 1.93 bits per heavy atom. The van der Waals surface area contributed by atoms with Crippen molar-refractivity contribution in [1.29, 1.82) is 0 Å². The molecule has 1 aromatic rings. The number of fused-ring (bicyclic) bond motifs is 2. The van der Waals surface area contributed by atoms with Crippen molar-refractivity contribution in [3.63, 3.8) is 0 Å². The van der Waals surface area contributed by atoms with Crippen LogP contribution in [-0.4, -0.2) is 56.9 Å². The van der Waals surface area contributed by atoms with Crippen LogP contribution in [0.1, 0.15) is 45.9 Å². The number of imidazole rings is 1. The zero-order chi connectivity index (χ0) is 20.7. The van der Waals surface area contributed by atoms with Crippen LogP contribution in [-0.2, 0) is 26.9 Å². The maximum atomic E-state index is 12.7. The number of ether oxygens (including phenoxy) is 2. The minimum atomic E-state index is -1.01. The Hall–Kier alpha value is -1.61. The second-order valence-corrected chi connectivity index (χ2v) is 9.50. The van der Waals surface area contributed by atoms with Gasteiger partial charge in [-0.1, -0.05) is 6.42 Å². The molecule has 0 radical (unpaired) electrons. The van der Waals surface area contributed by atoms with Crippen molar-refractivity contribution in [1.82, 2.24) is 14.5 Å². The number of amides is 1. The summed E-state index contributed by atoms with van der Waals surface area (Å²) in [5.41, 5.74) is -1.40. The molecular weight excluding hydrogens is 430 g/mol. The third-order valence-electron chi connectivity index (χ3n) is 5.48. The van der Waals surface area contributed by atoms with E-state index in [4.69, 9.17) is 9.47 Å². The first-order valence-electron chi connectivity index (χ1n) is 9.56. The number of carbonyl (C=O) groups excluding carboxylic acids is 1. The molecule has 1 N–H and O–H groups in total. The molecule has 1 saturated heterocycles. The number of aryl methyl sites for hydroxylation is 1. The molecule has 0 aromatic carbocycles. The fraction of sp³-hybridized carbons (Fsp3) is 0.737. The fourth-order valence-electron chi connectivity index (χ4n) is 4.55. The van der Waals surface area contributed by atoms with E-state index in [0.29, 0.717) is 23.5 Å². The molecular formula is C19H28BrN3O5. The topological polar surface area (TPSA) is 93.9 Å². The Labute approximate surface area is 173 Å². The first-order chi connectivity index (χ1) is 13.0. The van der Waals surface area contributed by atoms with Gasteiger partial charge < -0.3 is 24.0 Å². The summed E-state index contributed by atoms with van der Waals surface area (Å²) in [6.07, 6.45) is 4.19. The van der Waals surface area contributed by atoms with Crippen LogP contribution in [0, 0.1) is 11.8 Å². The molecule has 9 heteroatoms. The molecule has 3 rings (SSSR count). The van der Waals surface area contributed by atoms with Gasteiger partial charge in [0.1, 0.15) is 28.2 Å². The van der Waals surface area contributed by atoms with Crippen molar-refractivity contribution in [2.75, 3.05) is 19.7 Å². The molecule has 2 unspecified atom stereocenters. The molecule has 156 valence electrons. The number of halogens is 1. The third kappa shape index (κ3) is 4.05. The second kappa shape index (κ2) is 7.67. The second-order valence-electron chi connectivity index (χ2n) is 8.68. The van der Waals surface area contributed by atoms with Gasteiger partial charge in [0.25, 0.3) is 0 Å². The van der Waals surface area contributed by atoms with Crippen LogP contribution in [0.25, 0.3) is 0 Å². The molecule has 1 amide bonds. The highest BCUT2D eigenvalue weighted by atomic mass is 79.9. The quantitative estimate of drug-likeness (QED) is 0.745. The van der Waals surface area contributed by atoms with Crippen molar-refractivity contribution >= 4 is 28.0 Å². The van der Waals surface area contributed by atoms with E-state index in [9.17, 15) is 14.7 Å². The summed E-state index contributed by atoms with van der Waals surface area (Å²) >= 11 is 3.41. The van der Waals surface area contributed by atoms with E-state index in [2.05, 4.69) is 20.9 Å². The molecule has 2 atom stereocenters. The molecule has 1 aromatic heterocycles. The van der Waals surface area contributed by atoms with Gasteiger partial charge in [-0.05, 0) is 49.5 Å². The number of carboxylic acid groups (broad SMARTS) is 1. The fourth-order valence-corrected chi connectivity index (χ4v) is 5.02. The van der Waals surface area contributed by atoms with Crippen LogP contribution in [0.15, 0.2) is 10.8 Å². The van der Waals surface area contributed by atoms with Gasteiger partial charge >= 0.3 is 12.1 Å². The molecule has 28 heavy (non-hydrogen) atoms. The number of likely N-dealkylation sites (tertiary alicyclic amines) is 1. The van der Waals surface area contributed by atoms with Gasteiger partial charge in [0.15, 0.2) is 0 Å². The normalized spacial score (nSPS) is 27.5. The van der Waals surface area contributed by atoms with Crippen LogP contribution in [0.3, 0.4) is 0 Å². The van der Waals surface area contributed by atoms with Gasteiger partial charge in [0, 0.05) is 38.2 Å². The zero-order valence-corrected chi connectivity index (χ0v) is 18.4. The highest BCUT2D eigenvalue weighted by Crippen LogP contribution is 2.51. The Bertz CT molecular complexity index is 743. The molecule has 2 aliphatic rings. The summed E-state index contributed by atoms with van der Waals surface area (Å²) in [4.78, 5) is 30.3. The largest absolute Gasteiger partial charge is 0.480 e. The van der Waals surface area contributed by atoms with Crippen LogP contribution >= 0.6 is 15.9 Å². The van der Waals surface area contributed by atoms with E-state index >= 15 is 0 Å². The van der Waals surface area contributed by atoms with E-state index in [0.717, 1.165) is 19.3 Å². The lowest BCUT2D eigenvalue weighted by Crippen LogP contribution is -2.61. The average Bonchev–Trinajstić information content (AvgIpc) is 2.89. The molecule has 2 fully saturated rings. The lowest BCUT2D eigenvalue weighted by atomic mass is 9.64. The van der Waals surface area contributed by atoms with Crippen molar-refractivity contribution in [3.8, 4) is 0 Å². The van der Waals surface area contributed by atoms with Crippen molar-refractivity contribution in [2.45, 2.75) is 51.2 Å². The molecule has 1 aliphatic carbocycles. The van der Waals surface area contributed by atoms with E-state index in [1.165, 1.54) is 0 Å². The summed E-state index contributed by atoms with van der Waals surface area (Å²) in [6.45, 7) is 6.05. The number of hydrogen-bond donors (Lipinski definition) is 1. The molecule has 8 nitrogen and oxygen atoms in total. The van der Waals surface area contributed by atoms with Crippen molar-refractivity contribution in [3.05, 3.63) is 16.6 Å². The third-order valence-corrected chi connectivity index (χ3v) is 5.86. The van der Waals surface area contributed by atoms with E-state index < -0.39 is 23.8 Å². The van der Waals surface area contributed by atoms with Crippen molar-refractivity contribution in [2.24, 2.45) is 18.9 Å². The predicted molar refractivity (Wildman–Crippen MR) is 105 cm³/mol. The van der Waals surface area contributed by atoms with Crippen LogP contribution < -0.4 is 0 Å². The maximum Gasteiger partial charge on any atom is 0.410 e. The predicted octanol–water partition coefficient (Wildman–Crippen LogP) is 3.15. The first-order valence-corrected chi connectivity index (χ1v) is 10.3. The number of nitrogens with zero attached hydrogens (tertiary/aromatic N) is 3. The van der Waals surface area contributed by atoms with Crippen LogP contribution in [0.4, 0.5) is 4.79 Å². The maximum absolute atomic E-state index is 12.7. The summed E-state index contributed by atoms with van der Waals surface area (Å²) in [5, 5.41) is 9.27. The first kappa shape index (κ1) is 21.1.